The maximum Gasteiger partial charge on any atom is 0.265 e. The van der Waals surface area contributed by atoms with E-state index in [0.29, 0.717) is 6.61 Å². The van der Waals surface area contributed by atoms with Crippen molar-refractivity contribution >= 4 is 15.9 Å². The van der Waals surface area contributed by atoms with E-state index in [1.807, 2.05) is 5.43 Å². The topological polar surface area (TPSA) is 111 Å². The van der Waals surface area contributed by atoms with Gasteiger partial charge in [0, 0.05) is 18.7 Å². The van der Waals surface area contributed by atoms with Crippen molar-refractivity contribution in [3.8, 4) is 0 Å². The third kappa shape index (κ3) is 3.54. The number of nitrogens with two attached hydrogens (primary N) is 1. The summed E-state index contributed by atoms with van der Waals surface area (Å²) in [6.45, 7) is 0.897. The number of nitrogen functional groups attached to an aromatic ring is 1. The Balaban J connectivity index is 2.10. The van der Waals surface area contributed by atoms with E-state index >= 15 is 0 Å². The first-order valence-corrected chi connectivity index (χ1v) is 7.73. The fourth-order valence-corrected chi connectivity index (χ4v) is 3.09. The van der Waals surface area contributed by atoms with Crippen molar-refractivity contribution in [2.45, 2.75) is 23.8 Å². The van der Waals surface area contributed by atoms with Crippen molar-refractivity contribution in [1.82, 2.24) is 10.1 Å². The maximum atomic E-state index is 12.1. The van der Waals surface area contributed by atoms with E-state index in [0.717, 1.165) is 12.8 Å². The Kier molecular flexibility index (Phi) is 4.71. The van der Waals surface area contributed by atoms with Crippen LogP contribution in [-0.2, 0) is 14.8 Å². The lowest BCUT2D eigenvalue weighted by Gasteiger charge is -2.11. The van der Waals surface area contributed by atoms with Crippen molar-refractivity contribution in [2.75, 3.05) is 13.2 Å². The molecule has 0 aliphatic carbocycles. The van der Waals surface area contributed by atoms with E-state index < -0.39 is 15.9 Å². The lowest BCUT2D eigenvalue weighted by atomic mass is 10.2. The first-order chi connectivity index (χ1) is 9.53. The Hall–Kier alpha value is -1.48. The monoisotopic (exact) mass is 299 g/mol. The van der Waals surface area contributed by atoms with Gasteiger partial charge in [0.1, 0.15) is 0 Å². The minimum atomic E-state index is -3.66. The molecule has 1 aromatic carbocycles. The molecule has 0 bridgehead atoms. The highest BCUT2D eigenvalue weighted by Gasteiger charge is 2.20. The Morgan fingerprint density at radius 2 is 2.25 bits per heavy atom. The number of ether oxygens (including phenoxy) is 1. The van der Waals surface area contributed by atoms with Crippen LogP contribution in [0.1, 0.15) is 23.2 Å². The molecule has 110 valence electrons. The van der Waals surface area contributed by atoms with Crippen LogP contribution in [0.4, 0.5) is 0 Å². The van der Waals surface area contributed by atoms with Crippen LogP contribution in [-0.4, -0.2) is 33.6 Å². The van der Waals surface area contributed by atoms with Crippen LogP contribution in [0.3, 0.4) is 0 Å². The summed E-state index contributed by atoms with van der Waals surface area (Å²) >= 11 is 0. The number of carbonyl (C=O) groups excluding carboxylic acids is 1. The summed E-state index contributed by atoms with van der Waals surface area (Å²) in [7, 11) is -3.66. The predicted molar refractivity (Wildman–Crippen MR) is 72.3 cm³/mol. The molecule has 1 saturated heterocycles. The van der Waals surface area contributed by atoms with Crippen LogP contribution < -0.4 is 16.0 Å². The zero-order chi connectivity index (χ0) is 14.6. The number of hydrogen-bond donors (Lipinski definition) is 3. The van der Waals surface area contributed by atoms with E-state index in [2.05, 4.69) is 4.72 Å². The highest BCUT2D eigenvalue weighted by Crippen LogP contribution is 2.14. The van der Waals surface area contributed by atoms with Gasteiger partial charge in [0.05, 0.1) is 11.0 Å². The first-order valence-electron chi connectivity index (χ1n) is 6.25. The van der Waals surface area contributed by atoms with Gasteiger partial charge in [-0.05, 0) is 31.0 Å². The second-order valence-electron chi connectivity index (χ2n) is 4.49. The number of nitrogens with one attached hydrogen (secondary N) is 2. The fraction of sp³-hybridized carbons (Fsp3) is 0.417. The summed E-state index contributed by atoms with van der Waals surface area (Å²) in [5.74, 6) is 4.48. The van der Waals surface area contributed by atoms with Gasteiger partial charge < -0.3 is 4.74 Å². The van der Waals surface area contributed by atoms with E-state index in [-0.39, 0.29) is 23.1 Å². The standard InChI is InChI=1S/C12H17N3O4S/c13-15-12(16)9-3-1-5-11(7-9)20(17,18)14-8-10-4-2-6-19-10/h1,3,5,7,10,14H,2,4,6,8,13H2,(H,15,16)/t10-/m0/s1. The number of amides is 1. The molecule has 0 radical (unpaired) electrons. The Bertz CT molecular complexity index is 582. The molecule has 0 aromatic heterocycles. The summed E-state index contributed by atoms with van der Waals surface area (Å²) in [4.78, 5) is 11.4. The van der Waals surface area contributed by atoms with Gasteiger partial charge in [-0.3, -0.25) is 10.2 Å². The average molecular weight is 299 g/mol. The molecular formula is C12H17N3O4S. The summed E-state index contributed by atoms with van der Waals surface area (Å²) in [6.07, 6.45) is 1.71. The van der Waals surface area contributed by atoms with Gasteiger partial charge in [-0.25, -0.2) is 19.0 Å². The first kappa shape index (κ1) is 14.9. The fourth-order valence-electron chi connectivity index (χ4n) is 1.98. The van der Waals surface area contributed by atoms with Gasteiger partial charge in [0.15, 0.2) is 0 Å². The highest BCUT2D eigenvalue weighted by molar-refractivity contribution is 7.89. The highest BCUT2D eigenvalue weighted by atomic mass is 32.2. The minimum absolute atomic E-state index is 0.0246. The van der Waals surface area contributed by atoms with Crippen molar-refractivity contribution in [3.63, 3.8) is 0 Å². The van der Waals surface area contributed by atoms with Crippen molar-refractivity contribution in [1.29, 1.82) is 0 Å². The molecule has 1 aliphatic rings. The summed E-state index contributed by atoms with van der Waals surface area (Å²) < 4.78 is 32.1. The number of benzene rings is 1. The molecule has 0 spiro atoms. The quantitative estimate of drug-likeness (QED) is 0.394. The molecule has 0 saturated carbocycles. The molecule has 8 heteroatoms. The van der Waals surface area contributed by atoms with Crippen LogP contribution in [0.5, 0.6) is 0 Å². The summed E-state index contributed by atoms with van der Waals surface area (Å²) in [5, 5.41) is 0. The largest absolute Gasteiger partial charge is 0.377 e. The SMILES string of the molecule is NNC(=O)c1cccc(S(=O)(=O)NC[C@@H]2CCCO2)c1. The Labute approximate surface area is 117 Å². The van der Waals surface area contributed by atoms with Gasteiger partial charge in [0.2, 0.25) is 10.0 Å². The van der Waals surface area contributed by atoms with Crippen LogP contribution in [0.25, 0.3) is 0 Å². The molecule has 1 fully saturated rings. The van der Waals surface area contributed by atoms with Crippen LogP contribution in [0.15, 0.2) is 29.2 Å². The van der Waals surface area contributed by atoms with Crippen LogP contribution in [0.2, 0.25) is 0 Å². The molecule has 0 unspecified atom stereocenters. The van der Waals surface area contributed by atoms with Gasteiger partial charge in [0.25, 0.3) is 5.91 Å². The number of hydrazine groups is 1. The molecule has 1 heterocycles. The maximum absolute atomic E-state index is 12.1. The average Bonchev–Trinajstić information content (AvgIpc) is 2.98. The van der Waals surface area contributed by atoms with E-state index in [4.69, 9.17) is 10.6 Å². The van der Waals surface area contributed by atoms with Crippen molar-refractivity contribution < 1.29 is 17.9 Å². The third-order valence-electron chi connectivity index (χ3n) is 3.06. The Morgan fingerprint density at radius 3 is 2.90 bits per heavy atom. The number of sulfonamides is 1. The molecular weight excluding hydrogens is 282 g/mol. The molecule has 1 aromatic rings. The lowest BCUT2D eigenvalue weighted by molar-refractivity contribution is 0.0953. The second kappa shape index (κ2) is 6.31. The minimum Gasteiger partial charge on any atom is -0.377 e. The number of carbonyl (C=O) groups is 1. The van der Waals surface area contributed by atoms with Gasteiger partial charge in [-0.1, -0.05) is 6.07 Å². The van der Waals surface area contributed by atoms with E-state index in [1.54, 1.807) is 0 Å². The molecule has 7 nitrogen and oxygen atoms in total. The van der Waals surface area contributed by atoms with Gasteiger partial charge in [-0.15, -0.1) is 0 Å². The van der Waals surface area contributed by atoms with Crippen molar-refractivity contribution in [2.24, 2.45) is 5.84 Å². The molecule has 1 aliphatic heterocycles. The lowest BCUT2D eigenvalue weighted by Crippen LogP contribution is -2.32. The third-order valence-corrected chi connectivity index (χ3v) is 4.48. The smallest absolute Gasteiger partial charge is 0.265 e. The molecule has 4 N–H and O–H groups in total. The summed E-state index contributed by atoms with van der Waals surface area (Å²) in [6, 6.07) is 5.68. The zero-order valence-corrected chi connectivity index (χ0v) is 11.7. The number of rotatable bonds is 5. The Morgan fingerprint density at radius 1 is 1.45 bits per heavy atom. The van der Waals surface area contributed by atoms with Crippen LogP contribution >= 0.6 is 0 Å². The van der Waals surface area contributed by atoms with Crippen molar-refractivity contribution in [3.05, 3.63) is 29.8 Å². The predicted octanol–water partition coefficient (Wildman–Crippen LogP) is -0.253. The molecule has 20 heavy (non-hydrogen) atoms. The molecule has 1 amide bonds. The normalized spacial score (nSPS) is 18.9. The van der Waals surface area contributed by atoms with Gasteiger partial charge in [-0.2, -0.15) is 0 Å². The van der Waals surface area contributed by atoms with Gasteiger partial charge >= 0.3 is 0 Å². The summed E-state index contributed by atoms with van der Waals surface area (Å²) in [5.41, 5.74) is 2.15. The van der Waals surface area contributed by atoms with E-state index in [9.17, 15) is 13.2 Å². The zero-order valence-electron chi connectivity index (χ0n) is 10.8. The molecule has 2 rings (SSSR count). The van der Waals surface area contributed by atoms with E-state index in [1.165, 1.54) is 24.3 Å². The second-order valence-corrected chi connectivity index (χ2v) is 6.26. The molecule has 1 atom stereocenters. The number of hydrogen-bond acceptors (Lipinski definition) is 5. The van der Waals surface area contributed by atoms with Crippen LogP contribution in [0, 0.1) is 0 Å².